The molecule has 13 nitrogen and oxygen atoms in total. The zero-order valence-electron chi connectivity index (χ0n) is 33.6. The van der Waals surface area contributed by atoms with Gasteiger partial charge >= 0.3 is 0 Å². The number of carbonyl (C=O) groups is 3. The average Bonchev–Trinajstić information content (AvgIpc) is 3.55. The highest BCUT2D eigenvalue weighted by atomic mass is 35.5. The number of amides is 3. The van der Waals surface area contributed by atoms with Crippen molar-refractivity contribution >= 4 is 62.3 Å². The van der Waals surface area contributed by atoms with Crippen molar-refractivity contribution in [3.8, 4) is 17.6 Å². The molecular formula is C44H48ClN7O6S. The van der Waals surface area contributed by atoms with Crippen molar-refractivity contribution < 1.29 is 27.5 Å². The van der Waals surface area contributed by atoms with E-state index >= 15 is 0 Å². The second kappa shape index (κ2) is 17.8. The molecule has 4 heterocycles. The maximum atomic E-state index is 13.2. The largest absolute Gasteiger partial charge is 0.495 e. The Kier molecular flexibility index (Phi) is 12.6. The van der Waals surface area contributed by atoms with Crippen molar-refractivity contribution in [2.24, 2.45) is 0 Å². The molecule has 4 aromatic rings. The maximum absolute atomic E-state index is 13.2. The molecule has 1 aromatic heterocycles. The smallest absolute Gasteiger partial charge is 0.255 e. The van der Waals surface area contributed by atoms with Gasteiger partial charge in [-0.2, -0.15) is 4.98 Å². The van der Waals surface area contributed by atoms with Crippen LogP contribution in [0.3, 0.4) is 0 Å². The van der Waals surface area contributed by atoms with E-state index in [1.807, 2.05) is 18.2 Å². The second-order valence-electron chi connectivity index (χ2n) is 15.4. The fraction of sp³-hybridized carbons (Fsp3) is 0.386. The van der Waals surface area contributed by atoms with E-state index in [0.717, 1.165) is 62.0 Å². The van der Waals surface area contributed by atoms with Gasteiger partial charge in [-0.15, -0.1) is 0 Å². The van der Waals surface area contributed by atoms with Crippen LogP contribution in [-0.2, 0) is 26.0 Å². The van der Waals surface area contributed by atoms with Gasteiger partial charge in [0, 0.05) is 30.5 Å². The number of unbranched alkanes of at least 4 members (excludes halogenated alkanes) is 1. The third-order valence-corrected chi connectivity index (χ3v) is 13.7. The van der Waals surface area contributed by atoms with Gasteiger partial charge in [0.05, 0.1) is 34.8 Å². The molecule has 15 heteroatoms. The third-order valence-electron chi connectivity index (χ3n) is 11.3. The fourth-order valence-electron chi connectivity index (χ4n) is 7.96. The number of rotatable bonds is 12. The van der Waals surface area contributed by atoms with E-state index in [-0.39, 0.29) is 39.9 Å². The van der Waals surface area contributed by atoms with Gasteiger partial charge in [-0.25, -0.2) is 13.4 Å². The van der Waals surface area contributed by atoms with Crippen molar-refractivity contribution in [3.05, 3.63) is 93.6 Å². The molecule has 59 heavy (non-hydrogen) atoms. The van der Waals surface area contributed by atoms with Crippen molar-refractivity contribution in [3.63, 3.8) is 0 Å². The summed E-state index contributed by atoms with van der Waals surface area (Å²) in [6, 6.07) is 15.7. The van der Waals surface area contributed by atoms with E-state index < -0.39 is 27.0 Å². The molecule has 3 aliphatic rings. The van der Waals surface area contributed by atoms with Crippen molar-refractivity contribution in [1.82, 2.24) is 25.1 Å². The number of aromatic nitrogens is 2. The Morgan fingerprint density at radius 1 is 1.02 bits per heavy atom. The summed E-state index contributed by atoms with van der Waals surface area (Å²) >= 11 is 6.47. The van der Waals surface area contributed by atoms with Gasteiger partial charge in [0.25, 0.3) is 5.91 Å². The van der Waals surface area contributed by atoms with Crippen molar-refractivity contribution in [2.45, 2.75) is 87.9 Å². The maximum Gasteiger partial charge on any atom is 0.255 e. The number of aryl methyl sites for hydroxylation is 1. The Bertz CT molecular complexity index is 2460. The molecule has 0 saturated carbocycles. The molecule has 0 radical (unpaired) electrons. The van der Waals surface area contributed by atoms with Crippen molar-refractivity contribution in [2.75, 3.05) is 37.4 Å². The quantitative estimate of drug-likeness (QED) is 0.0774. The number of hydrogen-bond donors (Lipinski definition) is 3. The lowest BCUT2D eigenvalue weighted by atomic mass is 9.86. The van der Waals surface area contributed by atoms with Gasteiger partial charge < -0.3 is 25.2 Å². The molecule has 1 unspecified atom stereocenters. The lowest BCUT2D eigenvalue weighted by Crippen LogP contribution is -2.52. The summed E-state index contributed by atoms with van der Waals surface area (Å²) in [6.45, 7) is 8.58. The highest BCUT2D eigenvalue weighted by Gasteiger charge is 2.39. The predicted octanol–water partition coefficient (Wildman–Crippen LogP) is 6.89. The van der Waals surface area contributed by atoms with Gasteiger partial charge in [-0.1, -0.05) is 41.6 Å². The predicted molar refractivity (Wildman–Crippen MR) is 227 cm³/mol. The average molecular weight is 838 g/mol. The van der Waals surface area contributed by atoms with Crippen LogP contribution in [0.4, 0.5) is 23.1 Å². The number of hydrogen-bond acceptors (Lipinski definition) is 11. The first-order valence-corrected chi connectivity index (χ1v) is 21.8. The van der Waals surface area contributed by atoms with E-state index in [1.54, 1.807) is 56.2 Å². The Labute approximate surface area is 350 Å². The SMILES string of the molecule is COc1cc(C2CCN(CCCC#Cc3cccc4c3CN(C3CCC(=O)NC3=O)C4=O)CC2)c(C)cc1Nc1ncc(Cl)c(Nc2ccccc2S(=O)(=O)C(C)C)n1. The number of carbonyl (C=O) groups excluding carboxylic acids is 3. The summed E-state index contributed by atoms with van der Waals surface area (Å²) in [5.74, 6) is 7.24. The second-order valence-corrected chi connectivity index (χ2v) is 18.3. The standard InChI is InChI=1S/C44H48ClN7O6S/c1-27(2)59(56,57)39-15-8-7-14-35(39)47-41-34(45)25-46-44(50-41)48-36-23-28(3)32(24-38(36)58-4)30-18-21-51(22-19-30)20-9-5-6-11-29-12-10-13-31-33(29)26-52(43(31)55)37-16-17-40(53)49-42(37)54/h7-8,10,12-15,23-25,27,30,37H,5,9,16-22,26H2,1-4H3,(H,49,53,54)(H2,46,47,48,50). The molecule has 3 N–H and O–H groups in total. The first-order chi connectivity index (χ1) is 28.3. The van der Waals surface area contributed by atoms with Gasteiger partial charge in [0.1, 0.15) is 16.8 Å². The monoisotopic (exact) mass is 837 g/mol. The number of piperidine rings is 2. The van der Waals surface area contributed by atoms with Crippen LogP contribution >= 0.6 is 11.6 Å². The number of anilines is 4. The number of para-hydroxylation sites is 1. The number of halogens is 1. The van der Waals surface area contributed by atoms with E-state index in [0.29, 0.717) is 41.6 Å². The Balaban J connectivity index is 0.931. The van der Waals surface area contributed by atoms with Crippen LogP contribution in [-0.4, -0.2) is 83.9 Å². The van der Waals surface area contributed by atoms with Crippen LogP contribution in [0.25, 0.3) is 0 Å². The number of imide groups is 1. The molecule has 0 aliphatic carbocycles. The minimum Gasteiger partial charge on any atom is -0.495 e. The molecule has 0 spiro atoms. The lowest BCUT2D eigenvalue weighted by Gasteiger charge is -2.33. The number of nitrogens with one attached hydrogen (secondary N) is 3. The number of ether oxygens (including phenoxy) is 1. The highest BCUT2D eigenvalue weighted by molar-refractivity contribution is 7.92. The van der Waals surface area contributed by atoms with Gasteiger partial charge in [0.15, 0.2) is 15.7 Å². The molecular weight excluding hydrogens is 790 g/mol. The molecule has 0 bridgehead atoms. The molecule has 1 atom stereocenters. The van der Waals surface area contributed by atoms with Crippen LogP contribution in [0.1, 0.15) is 90.9 Å². The fourth-order valence-corrected chi connectivity index (χ4v) is 9.30. The molecule has 2 saturated heterocycles. The minimum absolute atomic E-state index is 0.165. The third kappa shape index (κ3) is 9.07. The van der Waals surface area contributed by atoms with Crippen LogP contribution < -0.4 is 20.7 Å². The van der Waals surface area contributed by atoms with Crippen molar-refractivity contribution in [1.29, 1.82) is 0 Å². The summed E-state index contributed by atoms with van der Waals surface area (Å²) < 4.78 is 31.9. The van der Waals surface area contributed by atoms with Gasteiger partial charge in [-0.05, 0) is 125 Å². The summed E-state index contributed by atoms with van der Waals surface area (Å²) in [7, 11) is -1.93. The van der Waals surface area contributed by atoms with Crippen LogP contribution in [0.15, 0.2) is 65.7 Å². The Morgan fingerprint density at radius 3 is 2.54 bits per heavy atom. The minimum atomic E-state index is -3.57. The number of fused-ring (bicyclic) bond motifs is 1. The summed E-state index contributed by atoms with van der Waals surface area (Å²) in [6.07, 6.45) is 5.69. The normalized spacial score (nSPS) is 17.4. The molecule has 3 amide bonds. The van der Waals surface area contributed by atoms with Crippen LogP contribution in [0, 0.1) is 18.8 Å². The first-order valence-electron chi connectivity index (χ1n) is 19.9. The topological polar surface area (TPSA) is 163 Å². The number of sulfone groups is 1. The summed E-state index contributed by atoms with van der Waals surface area (Å²) in [5, 5.41) is 8.35. The van der Waals surface area contributed by atoms with E-state index in [4.69, 9.17) is 16.3 Å². The number of methoxy groups -OCH3 is 1. The van der Waals surface area contributed by atoms with Crippen LogP contribution in [0.2, 0.25) is 5.02 Å². The number of benzene rings is 3. The lowest BCUT2D eigenvalue weighted by molar-refractivity contribution is -0.136. The van der Waals surface area contributed by atoms with Gasteiger partial charge in [-0.3, -0.25) is 19.7 Å². The number of likely N-dealkylation sites (tertiary alicyclic amines) is 1. The highest BCUT2D eigenvalue weighted by Crippen LogP contribution is 2.38. The summed E-state index contributed by atoms with van der Waals surface area (Å²) in [5.41, 5.74) is 5.65. The zero-order chi connectivity index (χ0) is 41.8. The molecule has 7 rings (SSSR count). The Hall–Kier alpha value is -5.49. The van der Waals surface area contributed by atoms with Crippen LogP contribution in [0.5, 0.6) is 5.75 Å². The number of nitrogens with zero attached hydrogens (tertiary/aromatic N) is 4. The molecule has 3 aliphatic heterocycles. The molecule has 308 valence electrons. The summed E-state index contributed by atoms with van der Waals surface area (Å²) in [4.78, 5) is 50.4. The Morgan fingerprint density at radius 2 is 1.80 bits per heavy atom. The molecule has 3 aromatic carbocycles. The van der Waals surface area contributed by atoms with Gasteiger partial charge in [0.2, 0.25) is 17.8 Å². The molecule has 2 fully saturated rings. The first kappa shape index (κ1) is 41.7. The zero-order valence-corrected chi connectivity index (χ0v) is 35.2. The van der Waals surface area contributed by atoms with E-state index in [1.165, 1.54) is 11.8 Å². The van der Waals surface area contributed by atoms with E-state index in [2.05, 4.69) is 55.6 Å². The van der Waals surface area contributed by atoms with E-state index in [9.17, 15) is 22.8 Å².